The maximum atomic E-state index is 6.59. The van der Waals surface area contributed by atoms with Gasteiger partial charge in [-0.25, -0.2) is 0 Å². The molecule has 0 N–H and O–H groups in total. The van der Waals surface area contributed by atoms with Gasteiger partial charge in [0.2, 0.25) is 5.95 Å². The molecule has 1 aliphatic heterocycles. The molecule has 7 heteroatoms. The first-order chi connectivity index (χ1) is 24.5. The minimum atomic E-state index is 0.0537. The van der Waals surface area contributed by atoms with Gasteiger partial charge in [-0.05, 0) is 110 Å². The van der Waals surface area contributed by atoms with Gasteiger partial charge >= 0.3 is 0 Å². The van der Waals surface area contributed by atoms with Gasteiger partial charge in [0.1, 0.15) is 17.8 Å². The van der Waals surface area contributed by atoms with E-state index in [2.05, 4.69) is 177 Å². The molecule has 0 atom stereocenters. The van der Waals surface area contributed by atoms with E-state index in [1.807, 2.05) is 12.4 Å². The molecule has 1 aliphatic rings. The smallest absolute Gasteiger partial charge is 0.240 e. The molecule has 3 heterocycles. The van der Waals surface area contributed by atoms with E-state index >= 15 is 0 Å². The number of benzene rings is 5. The molecule has 8 rings (SSSR count). The van der Waals surface area contributed by atoms with Crippen molar-refractivity contribution < 1.29 is 4.74 Å². The molecule has 5 aromatic carbocycles. The summed E-state index contributed by atoms with van der Waals surface area (Å²) in [5.74, 6) is 2.26. The Morgan fingerprint density at radius 3 is 2.12 bits per heavy atom. The number of aryl methyl sites for hydroxylation is 5. The minimum absolute atomic E-state index is 0.0537. The lowest BCUT2D eigenvalue weighted by Crippen LogP contribution is -2.25. The van der Waals surface area contributed by atoms with Crippen molar-refractivity contribution in [1.82, 2.24) is 19.3 Å². The van der Waals surface area contributed by atoms with Gasteiger partial charge in [-0.1, -0.05) is 63.2 Å². The van der Waals surface area contributed by atoms with E-state index in [4.69, 9.17) is 9.84 Å². The summed E-state index contributed by atoms with van der Waals surface area (Å²) in [6.45, 7) is 18.4. The fourth-order valence-electron chi connectivity index (χ4n) is 7.40. The lowest BCUT2D eigenvalue weighted by atomic mass is 9.85. The number of ether oxygens (including phenoxy) is 1. The van der Waals surface area contributed by atoms with Crippen molar-refractivity contribution in [3.05, 3.63) is 143 Å². The molecule has 2 aromatic heterocycles. The molecule has 0 spiro atoms. The molecule has 0 fully saturated rings. The molecule has 51 heavy (non-hydrogen) atoms. The summed E-state index contributed by atoms with van der Waals surface area (Å²) in [6, 6.07) is 32.2. The molecule has 0 aliphatic carbocycles. The Kier molecular flexibility index (Phi) is 7.75. The summed E-state index contributed by atoms with van der Waals surface area (Å²) in [5, 5.41) is 11.4. The maximum absolute atomic E-state index is 6.59. The highest BCUT2D eigenvalue weighted by Crippen LogP contribution is 2.37. The van der Waals surface area contributed by atoms with Crippen molar-refractivity contribution in [1.29, 1.82) is 0 Å². The maximum Gasteiger partial charge on any atom is 0.240 e. The van der Waals surface area contributed by atoms with Gasteiger partial charge in [0.05, 0.1) is 23.4 Å². The van der Waals surface area contributed by atoms with Crippen molar-refractivity contribution in [2.75, 3.05) is 16.5 Å². The van der Waals surface area contributed by atoms with Crippen LogP contribution in [0.1, 0.15) is 54.2 Å². The molecular weight excluding hydrogens is 629 g/mol. The molecule has 256 valence electrons. The monoisotopic (exact) mass is 672 g/mol. The number of aromatic nitrogens is 4. The first-order valence-corrected chi connectivity index (χ1v) is 17.6. The number of anilines is 2. The predicted octanol–water partition coefficient (Wildman–Crippen LogP) is 10.8. The lowest BCUT2D eigenvalue weighted by molar-refractivity contribution is 0.483. The summed E-state index contributed by atoms with van der Waals surface area (Å²) in [4.78, 5) is 4.54. The van der Waals surface area contributed by atoms with Crippen molar-refractivity contribution in [2.24, 2.45) is 0 Å². The first kappa shape index (κ1) is 32.4. The second kappa shape index (κ2) is 12.2. The number of nitrogens with zero attached hydrogens (tertiary/aromatic N) is 6. The van der Waals surface area contributed by atoms with Gasteiger partial charge in [-0.3, -0.25) is 9.13 Å². The first-order valence-electron chi connectivity index (χ1n) is 17.6. The second-order valence-electron chi connectivity index (χ2n) is 14.9. The number of para-hydroxylation sites is 1. The van der Waals surface area contributed by atoms with Crippen molar-refractivity contribution in [2.45, 2.75) is 60.8 Å². The topological polar surface area (TPSA) is 51.4 Å². The van der Waals surface area contributed by atoms with E-state index < -0.39 is 0 Å². The van der Waals surface area contributed by atoms with Crippen LogP contribution in [0.3, 0.4) is 0 Å². The van der Waals surface area contributed by atoms with Gasteiger partial charge in [0.25, 0.3) is 0 Å². The summed E-state index contributed by atoms with van der Waals surface area (Å²) >= 11 is 0. The van der Waals surface area contributed by atoms with Crippen LogP contribution in [0.25, 0.3) is 33.4 Å². The molecular formula is C44H44N6O. The van der Waals surface area contributed by atoms with Crippen LogP contribution >= 0.6 is 0 Å². The predicted molar refractivity (Wildman–Crippen MR) is 210 cm³/mol. The number of hydrogen-bond donors (Lipinski definition) is 0. The van der Waals surface area contributed by atoms with Crippen LogP contribution in [-0.4, -0.2) is 26.0 Å². The van der Waals surface area contributed by atoms with E-state index in [1.165, 1.54) is 39.1 Å². The molecule has 0 saturated carbocycles. The third-order valence-electron chi connectivity index (χ3n) is 10.2. The quantitative estimate of drug-likeness (QED) is 0.176. The van der Waals surface area contributed by atoms with Gasteiger partial charge in [0, 0.05) is 46.7 Å². The average Bonchev–Trinajstić information content (AvgIpc) is 3.84. The van der Waals surface area contributed by atoms with Crippen molar-refractivity contribution in [3.8, 4) is 23.1 Å². The van der Waals surface area contributed by atoms with Crippen LogP contribution < -0.4 is 14.5 Å². The van der Waals surface area contributed by atoms with Crippen LogP contribution in [0, 0.1) is 34.6 Å². The summed E-state index contributed by atoms with van der Waals surface area (Å²) < 4.78 is 10.9. The Hall–Kier alpha value is -5.82. The third kappa shape index (κ3) is 5.72. The van der Waals surface area contributed by atoms with Gasteiger partial charge < -0.3 is 14.5 Å². The van der Waals surface area contributed by atoms with Crippen LogP contribution in [0.4, 0.5) is 11.4 Å². The van der Waals surface area contributed by atoms with Crippen molar-refractivity contribution >= 4 is 33.2 Å². The highest BCUT2D eigenvalue weighted by molar-refractivity contribution is 6.09. The molecule has 0 unspecified atom stereocenters. The SMILES string of the molecule is Cc1cc(C)c(N2C=CN(c3cccc(Oc4ccc5c6ccccc6n(-c6nncn6-c6c(C)cc(C(C)(C)C)cc6C)c5c4)c3)C2)cc1C. The molecule has 7 aromatic rings. The van der Waals surface area contributed by atoms with Crippen LogP contribution in [0.5, 0.6) is 11.5 Å². The largest absolute Gasteiger partial charge is 0.457 e. The van der Waals surface area contributed by atoms with Gasteiger partial charge in [-0.2, -0.15) is 0 Å². The second-order valence-corrected chi connectivity index (χ2v) is 14.9. The number of rotatable bonds is 6. The molecule has 7 nitrogen and oxygen atoms in total. The highest BCUT2D eigenvalue weighted by Gasteiger charge is 2.22. The molecule has 0 amide bonds. The zero-order valence-corrected chi connectivity index (χ0v) is 30.7. The summed E-state index contributed by atoms with van der Waals surface area (Å²) in [7, 11) is 0. The number of fused-ring (bicyclic) bond motifs is 3. The van der Waals surface area contributed by atoms with Gasteiger partial charge in [0.15, 0.2) is 0 Å². The van der Waals surface area contributed by atoms with Gasteiger partial charge in [-0.15, -0.1) is 10.2 Å². The Morgan fingerprint density at radius 1 is 0.627 bits per heavy atom. The summed E-state index contributed by atoms with van der Waals surface area (Å²) in [5.41, 5.74) is 13.1. The van der Waals surface area contributed by atoms with E-state index in [9.17, 15) is 0 Å². The van der Waals surface area contributed by atoms with E-state index in [1.54, 1.807) is 0 Å². The number of hydrogen-bond acceptors (Lipinski definition) is 5. The average molecular weight is 673 g/mol. The Labute approximate surface area is 300 Å². The van der Waals surface area contributed by atoms with Crippen LogP contribution in [0.15, 0.2) is 110 Å². The van der Waals surface area contributed by atoms with Crippen LogP contribution in [0.2, 0.25) is 0 Å². The fourth-order valence-corrected chi connectivity index (χ4v) is 7.40. The Morgan fingerprint density at radius 2 is 1.33 bits per heavy atom. The van der Waals surface area contributed by atoms with E-state index in [-0.39, 0.29) is 5.41 Å². The summed E-state index contributed by atoms with van der Waals surface area (Å²) in [6.07, 6.45) is 6.11. The fraction of sp³-hybridized carbons (Fsp3) is 0.227. The standard InChI is InChI=1S/C44H44N6O/c1-28-20-30(3)40(23-29(28)2)48-19-18-47(27-48)34-12-11-13-35(24-34)51-36-16-17-38-37-14-9-10-15-39(37)50(41(38)25-36)43-46-45-26-49(43)42-31(4)21-33(22-32(42)5)44(6,7)8/h9-26H,27H2,1-8H3. The molecule has 0 radical (unpaired) electrons. The van der Waals surface area contributed by atoms with E-state index in [0.29, 0.717) is 0 Å². The Balaban J connectivity index is 1.14. The zero-order chi connectivity index (χ0) is 35.6. The lowest BCUT2D eigenvalue weighted by Gasteiger charge is -2.24. The molecule has 0 bridgehead atoms. The Bertz CT molecular complexity index is 2470. The van der Waals surface area contributed by atoms with E-state index in [0.717, 1.165) is 57.3 Å². The minimum Gasteiger partial charge on any atom is -0.457 e. The molecule has 0 saturated heterocycles. The van der Waals surface area contributed by atoms with Crippen molar-refractivity contribution in [3.63, 3.8) is 0 Å². The zero-order valence-electron chi connectivity index (χ0n) is 30.7. The highest BCUT2D eigenvalue weighted by atomic mass is 16.5. The van der Waals surface area contributed by atoms with Crippen LogP contribution in [-0.2, 0) is 5.41 Å². The third-order valence-corrected chi connectivity index (χ3v) is 10.2. The normalized spacial score (nSPS) is 13.3.